The van der Waals surface area contributed by atoms with Crippen LogP contribution >= 0.6 is 0 Å². The Balaban J connectivity index is 1.32. The zero-order chi connectivity index (χ0) is 25.1. The van der Waals surface area contributed by atoms with E-state index in [-0.39, 0.29) is 43.2 Å². The second-order valence-electron chi connectivity index (χ2n) is 9.55. The number of carbonyl (C=O) groups excluding carboxylic acids is 3. The van der Waals surface area contributed by atoms with Gasteiger partial charge in [0.05, 0.1) is 12.0 Å². The van der Waals surface area contributed by atoms with Crippen LogP contribution in [0.15, 0.2) is 79.0 Å². The third-order valence-corrected chi connectivity index (χ3v) is 7.12. The van der Waals surface area contributed by atoms with Gasteiger partial charge in [0.15, 0.2) is 0 Å². The van der Waals surface area contributed by atoms with Crippen LogP contribution in [0, 0.1) is 0 Å². The molecule has 2 atom stereocenters. The molecular weight excluding hydrogens is 454 g/mol. The number of hydrogen-bond acceptors (Lipinski definition) is 5. The van der Waals surface area contributed by atoms with E-state index in [2.05, 4.69) is 4.98 Å². The molecule has 0 N–H and O–H groups in total. The van der Waals surface area contributed by atoms with Crippen LogP contribution in [0.25, 0.3) is 0 Å². The monoisotopic (exact) mass is 483 g/mol. The van der Waals surface area contributed by atoms with E-state index in [0.29, 0.717) is 18.5 Å². The standard InChI is InChI=1S/C29H29N3O4/c1-31(20-24-17-21-9-5-6-13-25(21)36-24)26(33)18-29(22-10-3-2-4-11-22)19-27(34)32(28(29)35)16-14-23-12-7-8-15-30-23/h2-13,15,24H,14,16-20H2,1H3. The highest BCUT2D eigenvalue weighted by Crippen LogP contribution is 2.40. The molecule has 2 aromatic carbocycles. The van der Waals surface area contributed by atoms with Crippen molar-refractivity contribution in [3.05, 3.63) is 95.8 Å². The molecule has 5 rings (SSSR count). The van der Waals surface area contributed by atoms with E-state index in [1.165, 1.54) is 4.90 Å². The zero-order valence-corrected chi connectivity index (χ0v) is 20.3. The Morgan fingerprint density at radius 2 is 1.81 bits per heavy atom. The van der Waals surface area contributed by atoms with Crippen LogP contribution in [0.4, 0.5) is 0 Å². The molecule has 184 valence electrons. The fourth-order valence-corrected chi connectivity index (χ4v) is 5.18. The predicted octanol–water partition coefficient (Wildman–Crippen LogP) is 3.17. The van der Waals surface area contributed by atoms with Crippen molar-refractivity contribution >= 4 is 17.7 Å². The number of aromatic nitrogens is 1. The van der Waals surface area contributed by atoms with Crippen LogP contribution in [0.2, 0.25) is 0 Å². The Labute approximate surface area is 210 Å². The lowest BCUT2D eigenvalue weighted by molar-refractivity contribution is -0.142. The van der Waals surface area contributed by atoms with E-state index in [1.54, 1.807) is 18.1 Å². The van der Waals surface area contributed by atoms with Gasteiger partial charge in [-0.3, -0.25) is 24.3 Å². The molecule has 7 nitrogen and oxygen atoms in total. The molecule has 2 aliphatic heterocycles. The van der Waals surface area contributed by atoms with Gasteiger partial charge in [-0.1, -0.05) is 54.6 Å². The van der Waals surface area contributed by atoms with E-state index in [4.69, 9.17) is 4.74 Å². The van der Waals surface area contributed by atoms with Crippen molar-refractivity contribution in [2.75, 3.05) is 20.1 Å². The average molecular weight is 484 g/mol. The molecule has 36 heavy (non-hydrogen) atoms. The molecule has 2 aliphatic rings. The molecule has 0 aliphatic carbocycles. The Morgan fingerprint density at radius 3 is 2.56 bits per heavy atom. The number of nitrogens with zero attached hydrogens (tertiary/aromatic N) is 3. The van der Waals surface area contributed by atoms with Gasteiger partial charge < -0.3 is 9.64 Å². The molecule has 3 amide bonds. The summed E-state index contributed by atoms with van der Waals surface area (Å²) in [7, 11) is 1.73. The Kier molecular flexibility index (Phi) is 6.55. The van der Waals surface area contributed by atoms with Crippen molar-refractivity contribution in [2.24, 2.45) is 0 Å². The zero-order valence-electron chi connectivity index (χ0n) is 20.3. The minimum absolute atomic E-state index is 0.0248. The van der Waals surface area contributed by atoms with Gasteiger partial charge in [-0.15, -0.1) is 0 Å². The van der Waals surface area contributed by atoms with Gasteiger partial charge in [0.25, 0.3) is 0 Å². The summed E-state index contributed by atoms with van der Waals surface area (Å²) in [6, 6.07) is 22.7. The van der Waals surface area contributed by atoms with Crippen molar-refractivity contribution in [1.82, 2.24) is 14.8 Å². The van der Waals surface area contributed by atoms with Gasteiger partial charge in [0.2, 0.25) is 17.7 Å². The summed E-state index contributed by atoms with van der Waals surface area (Å²) < 4.78 is 6.01. The van der Waals surface area contributed by atoms with Crippen molar-refractivity contribution < 1.29 is 19.1 Å². The van der Waals surface area contributed by atoms with Gasteiger partial charge in [-0.05, 0) is 29.3 Å². The van der Waals surface area contributed by atoms with Crippen LogP contribution in [-0.2, 0) is 32.6 Å². The molecule has 7 heteroatoms. The number of ether oxygens (including phenoxy) is 1. The number of likely N-dealkylation sites (tertiary alicyclic amines) is 1. The quantitative estimate of drug-likeness (QED) is 0.460. The summed E-state index contributed by atoms with van der Waals surface area (Å²) in [5.74, 6) is 0.0843. The maximum absolute atomic E-state index is 13.8. The molecule has 0 radical (unpaired) electrons. The van der Waals surface area contributed by atoms with Crippen molar-refractivity contribution in [1.29, 1.82) is 0 Å². The predicted molar refractivity (Wildman–Crippen MR) is 134 cm³/mol. The third-order valence-electron chi connectivity index (χ3n) is 7.12. The number of rotatable bonds is 8. The van der Waals surface area contributed by atoms with Crippen LogP contribution < -0.4 is 4.74 Å². The summed E-state index contributed by atoms with van der Waals surface area (Å²) in [5.41, 5.74) is 1.41. The summed E-state index contributed by atoms with van der Waals surface area (Å²) >= 11 is 0. The Bertz CT molecular complexity index is 1240. The van der Waals surface area contributed by atoms with Crippen LogP contribution in [0.1, 0.15) is 29.7 Å². The average Bonchev–Trinajstić information content (AvgIpc) is 3.41. The normalized spacial score (nSPS) is 20.8. The highest BCUT2D eigenvalue weighted by molar-refractivity contribution is 6.10. The van der Waals surface area contributed by atoms with Crippen LogP contribution in [0.5, 0.6) is 5.75 Å². The lowest BCUT2D eigenvalue weighted by Crippen LogP contribution is -2.44. The van der Waals surface area contributed by atoms with Crippen LogP contribution in [-0.4, -0.2) is 58.7 Å². The molecular formula is C29H29N3O4. The minimum Gasteiger partial charge on any atom is -0.488 e. The first-order valence-corrected chi connectivity index (χ1v) is 12.2. The number of carbonyl (C=O) groups is 3. The van der Waals surface area contributed by atoms with Gasteiger partial charge in [-0.2, -0.15) is 0 Å². The molecule has 2 unspecified atom stereocenters. The first-order chi connectivity index (χ1) is 17.5. The van der Waals surface area contributed by atoms with Crippen molar-refractivity contribution in [3.8, 4) is 5.75 Å². The molecule has 0 saturated carbocycles. The first kappa shape index (κ1) is 23.7. The maximum Gasteiger partial charge on any atom is 0.240 e. The second kappa shape index (κ2) is 9.93. The molecule has 1 fully saturated rings. The fourth-order valence-electron chi connectivity index (χ4n) is 5.18. The Morgan fingerprint density at radius 1 is 1.06 bits per heavy atom. The van der Waals surface area contributed by atoms with Crippen molar-refractivity contribution in [2.45, 2.75) is 37.2 Å². The molecule has 1 saturated heterocycles. The summed E-state index contributed by atoms with van der Waals surface area (Å²) in [5, 5.41) is 0. The van der Waals surface area contributed by atoms with Gasteiger partial charge >= 0.3 is 0 Å². The summed E-state index contributed by atoms with van der Waals surface area (Å²) in [6.45, 7) is 0.644. The molecule has 0 spiro atoms. The maximum atomic E-state index is 13.8. The number of benzene rings is 2. The lowest BCUT2D eigenvalue weighted by atomic mass is 9.75. The van der Waals surface area contributed by atoms with Crippen LogP contribution in [0.3, 0.4) is 0 Å². The largest absolute Gasteiger partial charge is 0.488 e. The number of fused-ring (bicyclic) bond motifs is 1. The number of amides is 3. The highest BCUT2D eigenvalue weighted by Gasteiger charge is 2.53. The fraction of sp³-hybridized carbons (Fsp3) is 0.310. The molecule has 3 heterocycles. The topological polar surface area (TPSA) is 79.8 Å². The van der Waals surface area contributed by atoms with E-state index >= 15 is 0 Å². The lowest BCUT2D eigenvalue weighted by Gasteiger charge is -2.30. The number of hydrogen-bond donors (Lipinski definition) is 0. The van der Waals surface area contributed by atoms with E-state index in [0.717, 1.165) is 23.4 Å². The number of imide groups is 1. The summed E-state index contributed by atoms with van der Waals surface area (Å²) in [4.78, 5) is 47.6. The third kappa shape index (κ3) is 4.61. The molecule has 3 aromatic rings. The summed E-state index contributed by atoms with van der Waals surface area (Å²) in [6.07, 6.45) is 2.66. The molecule has 1 aromatic heterocycles. The van der Waals surface area contributed by atoms with Gasteiger partial charge in [-0.25, -0.2) is 0 Å². The van der Waals surface area contributed by atoms with E-state index < -0.39 is 5.41 Å². The number of para-hydroxylation sites is 1. The highest BCUT2D eigenvalue weighted by atomic mass is 16.5. The SMILES string of the molecule is CN(CC1Cc2ccccc2O1)C(=O)CC1(c2ccccc2)CC(=O)N(CCc2ccccn2)C1=O. The smallest absolute Gasteiger partial charge is 0.240 e. The number of likely N-dealkylation sites (N-methyl/N-ethyl adjacent to an activating group) is 1. The van der Waals surface area contributed by atoms with Gasteiger partial charge in [0, 0.05) is 51.2 Å². The second-order valence-corrected chi connectivity index (χ2v) is 9.55. The van der Waals surface area contributed by atoms with Gasteiger partial charge in [0.1, 0.15) is 11.9 Å². The minimum atomic E-state index is -1.21. The number of pyridine rings is 1. The van der Waals surface area contributed by atoms with E-state index in [9.17, 15) is 14.4 Å². The molecule has 0 bridgehead atoms. The first-order valence-electron chi connectivity index (χ1n) is 12.2. The van der Waals surface area contributed by atoms with E-state index in [1.807, 2.05) is 72.8 Å². The van der Waals surface area contributed by atoms with Crippen molar-refractivity contribution in [3.63, 3.8) is 0 Å². The Hall–Kier alpha value is -4.00.